The van der Waals surface area contributed by atoms with Gasteiger partial charge in [-0.3, -0.25) is 14.3 Å². The van der Waals surface area contributed by atoms with Crippen LogP contribution in [-0.4, -0.2) is 75.9 Å². The van der Waals surface area contributed by atoms with Crippen molar-refractivity contribution in [2.45, 2.75) is 46.8 Å². The number of hydrogen-bond acceptors (Lipinski definition) is 6. The van der Waals surface area contributed by atoms with Crippen molar-refractivity contribution >= 4 is 18.0 Å². The summed E-state index contributed by atoms with van der Waals surface area (Å²) in [5, 5.41) is 4.35. The molecule has 3 heterocycles. The number of carbonyl (C=O) groups excluding carboxylic acids is 3. The Labute approximate surface area is 206 Å². The number of aromatic nitrogens is 2. The van der Waals surface area contributed by atoms with E-state index >= 15 is 0 Å². The molecule has 0 bridgehead atoms. The molecule has 2 amide bonds. The van der Waals surface area contributed by atoms with Gasteiger partial charge < -0.3 is 19.3 Å². The number of benzene rings is 1. The zero-order chi connectivity index (χ0) is 25.4. The summed E-state index contributed by atoms with van der Waals surface area (Å²) >= 11 is 0. The molecule has 1 aromatic carbocycles. The van der Waals surface area contributed by atoms with E-state index in [2.05, 4.69) is 5.10 Å². The summed E-state index contributed by atoms with van der Waals surface area (Å²) in [6.45, 7) is 11.1. The van der Waals surface area contributed by atoms with Crippen molar-refractivity contribution in [3.05, 3.63) is 53.9 Å². The molecule has 1 atom stereocenters. The predicted molar refractivity (Wildman–Crippen MR) is 129 cm³/mol. The highest BCUT2D eigenvalue weighted by Gasteiger charge is 2.67. The SMILES string of the molecule is CCOC(=O)C1(C)CN(C(=O)c2cnn(Cc3ccccc3)c2)CC12CN(C(=O)OC(C)(C)C)C2. The highest BCUT2D eigenvalue weighted by molar-refractivity contribution is 5.95. The molecule has 35 heavy (non-hydrogen) atoms. The van der Waals surface area contributed by atoms with Crippen LogP contribution >= 0.6 is 0 Å². The summed E-state index contributed by atoms with van der Waals surface area (Å²) in [5.41, 5.74) is -0.584. The van der Waals surface area contributed by atoms with Crippen LogP contribution in [0.5, 0.6) is 0 Å². The van der Waals surface area contributed by atoms with Gasteiger partial charge in [-0.05, 0) is 40.2 Å². The molecule has 0 aliphatic carbocycles. The minimum absolute atomic E-state index is 0.188. The molecular weight excluding hydrogens is 448 g/mol. The lowest BCUT2D eigenvalue weighted by atomic mass is 9.62. The number of hydrogen-bond donors (Lipinski definition) is 0. The van der Waals surface area contributed by atoms with E-state index in [1.807, 2.05) is 58.0 Å². The van der Waals surface area contributed by atoms with Crippen molar-refractivity contribution in [3.8, 4) is 0 Å². The lowest BCUT2D eigenvalue weighted by molar-refractivity contribution is -0.167. The summed E-state index contributed by atoms with van der Waals surface area (Å²) < 4.78 is 12.6. The first-order chi connectivity index (χ1) is 16.5. The van der Waals surface area contributed by atoms with Crippen LogP contribution in [0.1, 0.15) is 50.5 Å². The van der Waals surface area contributed by atoms with Gasteiger partial charge in [0.15, 0.2) is 0 Å². The Morgan fingerprint density at radius 3 is 2.31 bits per heavy atom. The molecule has 2 aliphatic rings. The van der Waals surface area contributed by atoms with E-state index in [1.54, 1.807) is 33.8 Å². The van der Waals surface area contributed by atoms with Crippen molar-refractivity contribution < 1.29 is 23.9 Å². The van der Waals surface area contributed by atoms with Gasteiger partial charge >= 0.3 is 12.1 Å². The fourth-order valence-electron chi connectivity index (χ4n) is 4.96. The van der Waals surface area contributed by atoms with Crippen LogP contribution in [0.3, 0.4) is 0 Å². The van der Waals surface area contributed by atoms with Gasteiger partial charge in [0.05, 0.1) is 30.3 Å². The maximum absolute atomic E-state index is 13.4. The van der Waals surface area contributed by atoms with E-state index in [1.165, 1.54) is 0 Å². The minimum Gasteiger partial charge on any atom is -0.466 e. The van der Waals surface area contributed by atoms with E-state index in [0.29, 0.717) is 31.7 Å². The molecule has 188 valence electrons. The minimum atomic E-state index is -0.933. The number of amides is 2. The molecule has 2 aromatic rings. The van der Waals surface area contributed by atoms with Gasteiger partial charge in [0.25, 0.3) is 5.91 Å². The maximum atomic E-state index is 13.4. The molecule has 9 nitrogen and oxygen atoms in total. The van der Waals surface area contributed by atoms with Gasteiger partial charge in [-0.25, -0.2) is 4.79 Å². The van der Waals surface area contributed by atoms with Crippen molar-refractivity contribution in [1.82, 2.24) is 19.6 Å². The Bertz CT molecular complexity index is 1100. The number of nitrogens with zero attached hydrogens (tertiary/aromatic N) is 4. The van der Waals surface area contributed by atoms with Gasteiger partial charge in [-0.2, -0.15) is 5.10 Å². The van der Waals surface area contributed by atoms with Crippen molar-refractivity contribution in [3.63, 3.8) is 0 Å². The molecule has 0 saturated carbocycles. The molecular formula is C26H34N4O5. The van der Waals surface area contributed by atoms with Crippen LogP contribution in [0.15, 0.2) is 42.7 Å². The summed E-state index contributed by atoms with van der Waals surface area (Å²) in [4.78, 5) is 42.4. The van der Waals surface area contributed by atoms with Crippen LogP contribution in [-0.2, 0) is 20.8 Å². The highest BCUT2D eigenvalue weighted by Crippen LogP contribution is 2.53. The quantitative estimate of drug-likeness (QED) is 0.608. The third kappa shape index (κ3) is 4.76. The second-order valence-electron chi connectivity index (χ2n) is 10.7. The van der Waals surface area contributed by atoms with Crippen molar-refractivity contribution in [2.24, 2.45) is 10.8 Å². The first-order valence-electron chi connectivity index (χ1n) is 12.0. The molecule has 1 spiro atoms. The number of rotatable bonds is 5. The highest BCUT2D eigenvalue weighted by atomic mass is 16.6. The number of carbonyl (C=O) groups is 3. The summed E-state index contributed by atoms with van der Waals surface area (Å²) in [7, 11) is 0. The average molecular weight is 483 g/mol. The van der Waals surface area contributed by atoms with Crippen molar-refractivity contribution in [2.75, 3.05) is 32.8 Å². The number of likely N-dealkylation sites (tertiary alicyclic amines) is 2. The summed E-state index contributed by atoms with van der Waals surface area (Å²) in [6.07, 6.45) is 2.88. The molecule has 4 rings (SSSR count). The van der Waals surface area contributed by atoms with Gasteiger partial charge in [0, 0.05) is 37.8 Å². The lowest BCUT2D eigenvalue weighted by Crippen LogP contribution is -2.67. The predicted octanol–water partition coefficient (Wildman–Crippen LogP) is 3.19. The first-order valence-corrected chi connectivity index (χ1v) is 12.0. The van der Waals surface area contributed by atoms with Crippen molar-refractivity contribution in [1.29, 1.82) is 0 Å². The Morgan fingerprint density at radius 2 is 1.69 bits per heavy atom. The second-order valence-corrected chi connectivity index (χ2v) is 10.7. The molecule has 2 fully saturated rings. The molecule has 2 aliphatic heterocycles. The molecule has 1 unspecified atom stereocenters. The van der Waals surface area contributed by atoms with Gasteiger partial charge in [-0.15, -0.1) is 0 Å². The maximum Gasteiger partial charge on any atom is 0.410 e. The fourth-order valence-corrected chi connectivity index (χ4v) is 4.96. The van der Waals surface area contributed by atoms with E-state index in [-0.39, 0.29) is 25.0 Å². The van der Waals surface area contributed by atoms with Crippen LogP contribution in [0.2, 0.25) is 0 Å². The smallest absolute Gasteiger partial charge is 0.410 e. The third-order valence-electron chi connectivity index (χ3n) is 6.89. The molecule has 1 aromatic heterocycles. The lowest BCUT2D eigenvalue weighted by Gasteiger charge is -2.53. The largest absolute Gasteiger partial charge is 0.466 e. The zero-order valence-corrected chi connectivity index (χ0v) is 21.1. The number of esters is 1. The van der Waals surface area contributed by atoms with Gasteiger partial charge in [-0.1, -0.05) is 30.3 Å². The summed E-state index contributed by atoms with van der Waals surface area (Å²) in [5.74, 6) is -0.536. The van der Waals surface area contributed by atoms with Crippen LogP contribution in [0.25, 0.3) is 0 Å². The van der Waals surface area contributed by atoms with Crippen LogP contribution in [0, 0.1) is 10.8 Å². The van der Waals surface area contributed by atoms with Gasteiger partial charge in [0.1, 0.15) is 5.60 Å². The molecule has 0 radical (unpaired) electrons. The third-order valence-corrected chi connectivity index (χ3v) is 6.89. The van der Waals surface area contributed by atoms with Crippen LogP contribution in [0.4, 0.5) is 4.79 Å². The first kappa shape index (κ1) is 24.8. The topological polar surface area (TPSA) is 94.0 Å². The summed E-state index contributed by atoms with van der Waals surface area (Å²) in [6, 6.07) is 9.89. The normalized spacial score (nSPS) is 21.1. The average Bonchev–Trinajstić information content (AvgIpc) is 3.35. The van der Waals surface area contributed by atoms with Crippen LogP contribution < -0.4 is 0 Å². The van der Waals surface area contributed by atoms with Gasteiger partial charge in [0.2, 0.25) is 0 Å². The standard InChI is InChI=1S/C26H34N4O5/c1-6-34-22(32)25(5)15-28(16-26(25)17-29(18-26)23(33)35-24(2,3)4)21(31)20-12-27-30(14-20)13-19-10-8-7-9-11-19/h7-12,14H,6,13,15-18H2,1-5H3. The Kier molecular flexibility index (Phi) is 6.38. The van der Waals surface area contributed by atoms with E-state index in [0.717, 1.165) is 5.56 Å². The Balaban J connectivity index is 1.51. The number of ether oxygens (including phenoxy) is 2. The van der Waals surface area contributed by atoms with E-state index in [4.69, 9.17) is 9.47 Å². The monoisotopic (exact) mass is 482 g/mol. The zero-order valence-electron chi connectivity index (χ0n) is 21.1. The second kappa shape index (κ2) is 9.02. The Morgan fingerprint density at radius 1 is 1.03 bits per heavy atom. The fraction of sp³-hybridized carbons (Fsp3) is 0.538. The molecule has 0 N–H and O–H groups in total. The molecule has 9 heteroatoms. The van der Waals surface area contributed by atoms with E-state index in [9.17, 15) is 14.4 Å². The molecule has 2 saturated heterocycles. The Hall–Kier alpha value is -3.36. The van der Waals surface area contributed by atoms with E-state index < -0.39 is 22.5 Å².